The topological polar surface area (TPSA) is 74.4 Å². The molecule has 0 radical (unpaired) electrons. The summed E-state index contributed by atoms with van der Waals surface area (Å²) in [5, 5.41) is 13.9. The first-order chi connectivity index (χ1) is 12.1. The highest BCUT2D eigenvalue weighted by Gasteiger charge is 2.07. The Kier molecular flexibility index (Phi) is 5.42. The summed E-state index contributed by atoms with van der Waals surface area (Å²) in [5.41, 5.74) is 1.25. The zero-order valence-corrected chi connectivity index (χ0v) is 13.5. The van der Waals surface area contributed by atoms with E-state index in [2.05, 4.69) is 10.3 Å². The van der Waals surface area contributed by atoms with Gasteiger partial charge >= 0.3 is 0 Å². The number of nitrogens with one attached hydrogen (secondary N) is 2. The molecule has 1 aromatic heterocycles. The van der Waals surface area contributed by atoms with Crippen molar-refractivity contribution in [3.05, 3.63) is 76.3 Å². The van der Waals surface area contributed by atoms with Gasteiger partial charge in [0, 0.05) is 24.2 Å². The van der Waals surface area contributed by atoms with Crippen LogP contribution >= 0.6 is 0 Å². The normalized spacial score (nSPS) is 12.2. The van der Waals surface area contributed by atoms with Crippen molar-refractivity contribution in [3.63, 3.8) is 0 Å². The first kappa shape index (κ1) is 17.1. The van der Waals surface area contributed by atoms with Crippen molar-refractivity contribution in [1.82, 2.24) is 10.3 Å². The van der Waals surface area contributed by atoms with Crippen molar-refractivity contribution in [2.75, 3.05) is 13.2 Å². The van der Waals surface area contributed by atoms with Gasteiger partial charge in [-0.2, -0.15) is 0 Å². The number of aromatic nitrogens is 1. The number of halogens is 1. The predicted molar refractivity (Wildman–Crippen MR) is 94.2 cm³/mol. The molecule has 0 saturated carbocycles. The number of rotatable bonds is 7. The Balaban J connectivity index is 1.49. The fourth-order valence-electron chi connectivity index (χ4n) is 2.48. The van der Waals surface area contributed by atoms with Gasteiger partial charge in [-0.05, 0) is 41.8 Å². The van der Waals surface area contributed by atoms with Crippen molar-refractivity contribution in [1.29, 1.82) is 0 Å². The standard InChI is InChI=1S/C19H19FN2O3/c20-15-5-7-17(8-6-15)25-12-16(23)11-21-10-14-9-13-3-1-2-4-18(13)22-19(14)24/h1-9,16,21,23H,10-12H2,(H,22,24). The Morgan fingerprint density at radius 1 is 1.16 bits per heavy atom. The summed E-state index contributed by atoms with van der Waals surface area (Å²) in [6.07, 6.45) is -0.746. The van der Waals surface area contributed by atoms with Gasteiger partial charge in [-0.1, -0.05) is 18.2 Å². The van der Waals surface area contributed by atoms with Crippen molar-refractivity contribution in [2.24, 2.45) is 0 Å². The molecular weight excluding hydrogens is 323 g/mol. The lowest BCUT2D eigenvalue weighted by Crippen LogP contribution is -2.32. The highest BCUT2D eigenvalue weighted by Crippen LogP contribution is 2.11. The van der Waals surface area contributed by atoms with E-state index in [1.165, 1.54) is 24.3 Å². The van der Waals surface area contributed by atoms with Crippen LogP contribution in [0.15, 0.2) is 59.4 Å². The van der Waals surface area contributed by atoms with E-state index in [9.17, 15) is 14.3 Å². The van der Waals surface area contributed by atoms with Gasteiger partial charge in [-0.25, -0.2) is 4.39 Å². The van der Waals surface area contributed by atoms with Crippen molar-refractivity contribution >= 4 is 10.9 Å². The molecule has 1 heterocycles. The minimum absolute atomic E-state index is 0.0761. The fourth-order valence-corrected chi connectivity index (χ4v) is 2.48. The molecule has 0 aliphatic rings. The van der Waals surface area contributed by atoms with Crippen LogP contribution in [0.1, 0.15) is 5.56 Å². The molecule has 6 heteroatoms. The summed E-state index contributed by atoms with van der Waals surface area (Å²) >= 11 is 0. The van der Waals surface area contributed by atoms with Gasteiger partial charge in [-0.3, -0.25) is 4.79 Å². The Morgan fingerprint density at radius 3 is 2.72 bits per heavy atom. The second kappa shape index (κ2) is 7.92. The number of benzene rings is 2. The molecule has 3 aromatic rings. The van der Waals surface area contributed by atoms with Crippen molar-refractivity contribution in [2.45, 2.75) is 12.6 Å². The number of aromatic amines is 1. The number of pyridine rings is 1. The number of ether oxygens (including phenoxy) is 1. The summed E-state index contributed by atoms with van der Waals surface area (Å²) in [6, 6.07) is 15.0. The van der Waals surface area contributed by atoms with E-state index >= 15 is 0 Å². The maximum Gasteiger partial charge on any atom is 0.252 e. The molecule has 0 aliphatic heterocycles. The summed E-state index contributed by atoms with van der Waals surface area (Å²) < 4.78 is 18.2. The van der Waals surface area contributed by atoms with Crippen molar-refractivity contribution < 1.29 is 14.2 Å². The van der Waals surface area contributed by atoms with Gasteiger partial charge in [0.05, 0.1) is 0 Å². The number of hydrogen-bond donors (Lipinski definition) is 3. The molecule has 0 aliphatic carbocycles. The van der Waals surface area contributed by atoms with Crippen LogP contribution in [-0.2, 0) is 6.54 Å². The third-order valence-electron chi connectivity index (χ3n) is 3.78. The summed E-state index contributed by atoms with van der Waals surface area (Å²) in [4.78, 5) is 14.9. The van der Waals surface area contributed by atoms with Crippen LogP contribution in [0.4, 0.5) is 4.39 Å². The lowest BCUT2D eigenvalue weighted by Gasteiger charge is -2.13. The fraction of sp³-hybridized carbons (Fsp3) is 0.211. The van der Waals surface area contributed by atoms with E-state index in [1.54, 1.807) is 0 Å². The number of para-hydroxylation sites is 1. The highest BCUT2D eigenvalue weighted by atomic mass is 19.1. The average Bonchev–Trinajstić information content (AvgIpc) is 2.61. The molecule has 0 spiro atoms. The minimum atomic E-state index is -0.746. The van der Waals surface area contributed by atoms with Crippen LogP contribution in [0.2, 0.25) is 0 Å². The van der Waals surface area contributed by atoms with Crippen LogP contribution in [-0.4, -0.2) is 29.3 Å². The molecule has 1 unspecified atom stereocenters. The molecule has 1 atom stereocenters. The quantitative estimate of drug-likeness (QED) is 0.615. The Bertz CT molecular complexity index is 893. The van der Waals surface area contributed by atoms with E-state index in [0.717, 1.165) is 10.9 Å². The van der Waals surface area contributed by atoms with Crippen molar-refractivity contribution in [3.8, 4) is 5.75 Å². The maximum atomic E-state index is 12.8. The number of hydrogen-bond acceptors (Lipinski definition) is 4. The maximum absolute atomic E-state index is 12.8. The molecule has 3 rings (SSSR count). The third kappa shape index (κ3) is 4.65. The van der Waals surface area contributed by atoms with E-state index in [0.29, 0.717) is 17.9 Å². The molecule has 2 aromatic carbocycles. The zero-order chi connectivity index (χ0) is 17.6. The molecule has 0 fully saturated rings. The van der Waals surface area contributed by atoms with Crippen LogP contribution in [0, 0.1) is 5.82 Å². The van der Waals surface area contributed by atoms with E-state index < -0.39 is 6.10 Å². The first-order valence-electron chi connectivity index (χ1n) is 8.00. The zero-order valence-electron chi connectivity index (χ0n) is 13.5. The Morgan fingerprint density at radius 2 is 1.92 bits per heavy atom. The molecule has 5 nitrogen and oxygen atoms in total. The lowest BCUT2D eigenvalue weighted by atomic mass is 10.1. The molecule has 0 amide bonds. The molecule has 3 N–H and O–H groups in total. The number of H-pyrrole nitrogens is 1. The molecule has 0 saturated heterocycles. The van der Waals surface area contributed by atoms with Gasteiger partial charge < -0.3 is 20.1 Å². The van der Waals surface area contributed by atoms with Gasteiger partial charge in [0.25, 0.3) is 5.56 Å². The lowest BCUT2D eigenvalue weighted by molar-refractivity contribution is 0.106. The summed E-state index contributed by atoms with van der Waals surface area (Å²) in [7, 11) is 0. The SMILES string of the molecule is O=c1[nH]c2ccccc2cc1CNCC(O)COc1ccc(F)cc1. The Hall–Kier alpha value is -2.70. The smallest absolute Gasteiger partial charge is 0.252 e. The predicted octanol–water partition coefficient (Wildman–Crippen LogP) is 2.20. The summed E-state index contributed by atoms with van der Waals surface area (Å²) in [6.45, 7) is 0.688. The first-order valence-corrected chi connectivity index (χ1v) is 8.00. The molecule has 130 valence electrons. The van der Waals surface area contributed by atoms with Crippen LogP contribution in [0.25, 0.3) is 10.9 Å². The van der Waals surface area contributed by atoms with E-state index in [1.807, 2.05) is 30.3 Å². The highest BCUT2D eigenvalue weighted by molar-refractivity contribution is 5.78. The van der Waals surface area contributed by atoms with Gasteiger partial charge in [0.1, 0.15) is 24.3 Å². The number of aliphatic hydroxyl groups is 1. The summed E-state index contributed by atoms with van der Waals surface area (Å²) in [5.74, 6) is 0.154. The minimum Gasteiger partial charge on any atom is -0.491 e. The number of fused-ring (bicyclic) bond motifs is 1. The van der Waals surface area contributed by atoms with E-state index in [-0.39, 0.29) is 24.5 Å². The largest absolute Gasteiger partial charge is 0.491 e. The second-order valence-electron chi connectivity index (χ2n) is 5.76. The molecule has 25 heavy (non-hydrogen) atoms. The van der Waals surface area contributed by atoms with Gasteiger partial charge in [0.2, 0.25) is 0 Å². The van der Waals surface area contributed by atoms with E-state index in [4.69, 9.17) is 4.74 Å². The third-order valence-corrected chi connectivity index (χ3v) is 3.78. The van der Waals surface area contributed by atoms with Crippen LogP contribution in [0.3, 0.4) is 0 Å². The molecular formula is C19H19FN2O3. The second-order valence-corrected chi connectivity index (χ2v) is 5.76. The van der Waals surface area contributed by atoms with Gasteiger partial charge in [0.15, 0.2) is 0 Å². The van der Waals surface area contributed by atoms with Gasteiger partial charge in [-0.15, -0.1) is 0 Å². The monoisotopic (exact) mass is 342 g/mol. The number of aliphatic hydroxyl groups excluding tert-OH is 1. The van der Waals surface area contributed by atoms with Crippen LogP contribution < -0.4 is 15.6 Å². The Labute approximate surface area is 144 Å². The average molecular weight is 342 g/mol. The van der Waals surface area contributed by atoms with Crippen LogP contribution in [0.5, 0.6) is 5.75 Å². The molecule has 0 bridgehead atoms.